The van der Waals surface area contributed by atoms with Crippen LogP contribution < -0.4 is 5.56 Å². The highest BCUT2D eigenvalue weighted by atomic mass is 127. The number of aromatic nitrogens is 2. The van der Waals surface area contributed by atoms with E-state index >= 15 is 0 Å². The molecule has 1 N–H and O–H groups in total. The van der Waals surface area contributed by atoms with Crippen molar-refractivity contribution in [2.24, 2.45) is 0 Å². The Morgan fingerprint density at radius 2 is 2.08 bits per heavy atom. The zero-order chi connectivity index (χ0) is 18.0. The van der Waals surface area contributed by atoms with Gasteiger partial charge in [-0.25, -0.2) is 0 Å². The van der Waals surface area contributed by atoms with Crippen molar-refractivity contribution in [3.63, 3.8) is 0 Å². The number of hydrogen-bond acceptors (Lipinski definition) is 3. The van der Waals surface area contributed by atoms with Crippen molar-refractivity contribution in [2.45, 2.75) is 38.6 Å². The summed E-state index contributed by atoms with van der Waals surface area (Å²) in [6.07, 6.45) is 1.87. The molecule has 134 valence electrons. The van der Waals surface area contributed by atoms with Crippen molar-refractivity contribution in [1.82, 2.24) is 9.55 Å². The molecule has 0 fully saturated rings. The van der Waals surface area contributed by atoms with Crippen LogP contribution in [0.1, 0.15) is 31.4 Å². The monoisotopic (exact) mass is 470 g/mol. The number of ether oxygens (including phenoxy) is 1. The second kappa shape index (κ2) is 7.72. The SMILES string of the molecule is CC1(C)Cc2ccccc2-c2[nH]c(=S)n(CCOCCCI)c(=O)c21. The van der Waals surface area contributed by atoms with Gasteiger partial charge in [-0.15, -0.1) is 0 Å². The van der Waals surface area contributed by atoms with Gasteiger partial charge in [0.1, 0.15) is 0 Å². The molecule has 1 heterocycles. The van der Waals surface area contributed by atoms with E-state index < -0.39 is 0 Å². The molecule has 1 aliphatic carbocycles. The largest absolute Gasteiger partial charge is 0.380 e. The fraction of sp³-hybridized carbons (Fsp3) is 0.474. The van der Waals surface area contributed by atoms with E-state index in [4.69, 9.17) is 17.0 Å². The number of H-pyrrole nitrogens is 1. The van der Waals surface area contributed by atoms with Crippen molar-refractivity contribution in [2.75, 3.05) is 17.6 Å². The fourth-order valence-corrected chi connectivity index (χ4v) is 4.09. The minimum absolute atomic E-state index is 0.00995. The molecule has 25 heavy (non-hydrogen) atoms. The van der Waals surface area contributed by atoms with Crippen molar-refractivity contribution in [3.05, 3.63) is 50.5 Å². The minimum Gasteiger partial charge on any atom is -0.380 e. The highest BCUT2D eigenvalue weighted by Crippen LogP contribution is 2.39. The summed E-state index contributed by atoms with van der Waals surface area (Å²) in [4.78, 5) is 16.5. The van der Waals surface area contributed by atoms with Crippen LogP contribution in [0.4, 0.5) is 0 Å². The summed E-state index contributed by atoms with van der Waals surface area (Å²) in [5.74, 6) is 0. The van der Waals surface area contributed by atoms with Gasteiger partial charge in [0.25, 0.3) is 5.56 Å². The van der Waals surface area contributed by atoms with Gasteiger partial charge in [-0.2, -0.15) is 0 Å². The van der Waals surface area contributed by atoms with E-state index in [2.05, 4.69) is 53.6 Å². The lowest BCUT2D eigenvalue weighted by Crippen LogP contribution is -2.38. The number of aromatic amines is 1. The summed E-state index contributed by atoms with van der Waals surface area (Å²) in [6, 6.07) is 8.24. The topological polar surface area (TPSA) is 47.0 Å². The Morgan fingerprint density at radius 3 is 2.84 bits per heavy atom. The Hall–Kier alpha value is -0.990. The first kappa shape index (κ1) is 18.8. The van der Waals surface area contributed by atoms with Gasteiger partial charge in [-0.1, -0.05) is 60.7 Å². The van der Waals surface area contributed by atoms with Crippen molar-refractivity contribution >= 4 is 34.8 Å². The second-order valence-electron chi connectivity index (χ2n) is 7.01. The molecule has 0 saturated heterocycles. The van der Waals surface area contributed by atoms with E-state index in [1.54, 1.807) is 4.57 Å². The third-order valence-electron chi connectivity index (χ3n) is 4.66. The van der Waals surface area contributed by atoms with Crippen LogP contribution in [-0.4, -0.2) is 27.2 Å². The van der Waals surface area contributed by atoms with Gasteiger partial charge in [-0.05, 0) is 30.6 Å². The predicted octanol–water partition coefficient (Wildman–Crippen LogP) is 4.25. The summed E-state index contributed by atoms with van der Waals surface area (Å²) in [6.45, 7) is 5.96. The molecule has 0 bridgehead atoms. The maximum atomic E-state index is 13.2. The zero-order valence-corrected chi connectivity index (χ0v) is 17.6. The van der Waals surface area contributed by atoms with Crippen molar-refractivity contribution in [3.8, 4) is 11.3 Å². The Labute approximate surface area is 166 Å². The summed E-state index contributed by atoms with van der Waals surface area (Å²) < 4.78 is 8.80. The molecule has 0 radical (unpaired) electrons. The molecule has 3 rings (SSSR count). The van der Waals surface area contributed by atoms with E-state index in [0.717, 1.165) is 40.7 Å². The van der Waals surface area contributed by atoms with E-state index in [9.17, 15) is 4.79 Å². The van der Waals surface area contributed by atoms with Crippen molar-refractivity contribution < 1.29 is 4.74 Å². The zero-order valence-electron chi connectivity index (χ0n) is 14.6. The van der Waals surface area contributed by atoms with E-state index in [-0.39, 0.29) is 11.0 Å². The number of fused-ring (bicyclic) bond motifs is 3. The number of nitrogens with zero attached hydrogens (tertiary/aromatic N) is 1. The Morgan fingerprint density at radius 1 is 1.32 bits per heavy atom. The summed E-state index contributed by atoms with van der Waals surface area (Å²) in [5.41, 5.74) is 3.83. The van der Waals surface area contributed by atoms with Crippen LogP contribution >= 0.6 is 34.8 Å². The van der Waals surface area contributed by atoms with Crippen molar-refractivity contribution in [1.29, 1.82) is 0 Å². The van der Waals surface area contributed by atoms with Gasteiger partial charge in [0, 0.05) is 27.6 Å². The highest BCUT2D eigenvalue weighted by Gasteiger charge is 2.34. The first-order valence-corrected chi connectivity index (χ1v) is 10.5. The average Bonchev–Trinajstić information content (AvgIpc) is 2.56. The van der Waals surface area contributed by atoms with Crippen LogP contribution in [-0.2, 0) is 23.1 Å². The number of nitrogens with one attached hydrogen (secondary N) is 1. The van der Waals surface area contributed by atoms with Crippen LogP contribution in [0.2, 0.25) is 0 Å². The molecule has 0 atom stereocenters. The predicted molar refractivity (Wildman–Crippen MR) is 112 cm³/mol. The van der Waals surface area contributed by atoms with Crippen LogP contribution in [0.25, 0.3) is 11.3 Å². The molecule has 2 aromatic rings. The second-order valence-corrected chi connectivity index (χ2v) is 8.48. The minimum atomic E-state index is -0.232. The van der Waals surface area contributed by atoms with E-state index in [1.165, 1.54) is 5.56 Å². The number of benzene rings is 1. The molecule has 1 aromatic carbocycles. The molecular weight excluding hydrogens is 447 g/mol. The van der Waals surface area contributed by atoms with Crippen LogP contribution in [0.3, 0.4) is 0 Å². The van der Waals surface area contributed by atoms with Crippen LogP contribution in [0.15, 0.2) is 29.1 Å². The summed E-state index contributed by atoms with van der Waals surface area (Å²) in [7, 11) is 0. The lowest BCUT2D eigenvalue weighted by molar-refractivity contribution is 0.126. The molecule has 0 unspecified atom stereocenters. The number of halogens is 1. The Kier molecular flexibility index (Phi) is 5.80. The van der Waals surface area contributed by atoms with Gasteiger partial charge < -0.3 is 9.72 Å². The third-order valence-corrected chi connectivity index (χ3v) is 5.75. The van der Waals surface area contributed by atoms with Gasteiger partial charge >= 0.3 is 0 Å². The molecule has 0 aliphatic heterocycles. The molecule has 4 nitrogen and oxygen atoms in total. The molecule has 0 spiro atoms. The van der Waals surface area contributed by atoms with Gasteiger partial charge in [0.2, 0.25) is 0 Å². The summed E-state index contributed by atoms with van der Waals surface area (Å²) in [5, 5.41) is 0. The quantitative estimate of drug-likeness (QED) is 0.297. The first-order chi connectivity index (χ1) is 12.0. The normalized spacial score (nSPS) is 14.8. The molecule has 6 heteroatoms. The standard InChI is InChI=1S/C19H23IN2O2S/c1-19(2)12-13-6-3-4-7-14(13)16-15(19)17(23)22(18(25)21-16)9-11-24-10-5-8-20/h3-4,6-7H,5,8-12H2,1-2H3,(H,21,25). The smallest absolute Gasteiger partial charge is 0.258 e. The maximum Gasteiger partial charge on any atom is 0.258 e. The molecule has 1 aliphatic rings. The fourth-order valence-electron chi connectivity index (χ4n) is 3.50. The molecule has 0 amide bonds. The Bertz CT molecular complexity index is 886. The Balaban J connectivity index is 2.01. The lowest BCUT2D eigenvalue weighted by Gasteiger charge is -2.33. The summed E-state index contributed by atoms with van der Waals surface area (Å²) >= 11 is 7.81. The van der Waals surface area contributed by atoms with Gasteiger partial charge in [0.15, 0.2) is 4.77 Å². The third kappa shape index (κ3) is 3.75. The maximum absolute atomic E-state index is 13.2. The molecular formula is C19H23IN2O2S. The number of hydrogen-bond donors (Lipinski definition) is 1. The van der Waals surface area contributed by atoms with E-state index in [1.807, 2.05) is 12.1 Å². The highest BCUT2D eigenvalue weighted by molar-refractivity contribution is 14.1. The van der Waals surface area contributed by atoms with Crippen LogP contribution in [0, 0.1) is 4.77 Å². The number of alkyl halides is 1. The first-order valence-electron chi connectivity index (χ1n) is 8.55. The lowest BCUT2D eigenvalue weighted by atomic mass is 9.72. The number of rotatable bonds is 6. The molecule has 1 aromatic heterocycles. The van der Waals surface area contributed by atoms with Gasteiger partial charge in [0.05, 0.1) is 18.8 Å². The van der Waals surface area contributed by atoms with E-state index in [0.29, 0.717) is 17.9 Å². The van der Waals surface area contributed by atoms with Crippen LogP contribution in [0.5, 0.6) is 0 Å². The van der Waals surface area contributed by atoms with Gasteiger partial charge in [-0.3, -0.25) is 9.36 Å². The average molecular weight is 470 g/mol. The molecule has 0 saturated carbocycles.